The summed E-state index contributed by atoms with van der Waals surface area (Å²) in [4.78, 5) is 10.9. The average Bonchev–Trinajstić information content (AvgIpc) is 2.62. The Morgan fingerprint density at radius 1 is 1.40 bits per heavy atom. The van der Waals surface area contributed by atoms with E-state index in [1.54, 1.807) is 6.92 Å². The molecule has 1 unspecified atom stereocenters. The Labute approximate surface area is 88.0 Å². The SMILES string of the molecule is CC1=C(C(=O)O)CC(c2ccccc2)O1. The number of allylic oxidation sites excluding steroid dienone is 1. The van der Waals surface area contributed by atoms with Crippen molar-refractivity contribution in [2.75, 3.05) is 0 Å². The third-order valence-corrected chi connectivity index (χ3v) is 2.56. The van der Waals surface area contributed by atoms with Crippen molar-refractivity contribution >= 4 is 5.97 Å². The highest BCUT2D eigenvalue weighted by atomic mass is 16.5. The second-order valence-electron chi connectivity index (χ2n) is 3.56. The molecule has 2 rings (SSSR count). The molecule has 1 aliphatic heterocycles. The van der Waals surface area contributed by atoms with Gasteiger partial charge in [0.25, 0.3) is 0 Å². The number of carbonyl (C=O) groups is 1. The lowest BCUT2D eigenvalue weighted by Crippen LogP contribution is -2.00. The Kier molecular flexibility index (Phi) is 2.46. The average molecular weight is 204 g/mol. The van der Waals surface area contributed by atoms with Gasteiger partial charge >= 0.3 is 5.97 Å². The van der Waals surface area contributed by atoms with Gasteiger partial charge in [-0.2, -0.15) is 0 Å². The lowest BCUT2D eigenvalue weighted by atomic mass is 10.0. The Bertz CT molecular complexity index is 406. The van der Waals surface area contributed by atoms with Crippen molar-refractivity contribution in [2.45, 2.75) is 19.4 Å². The minimum atomic E-state index is -0.883. The number of hydrogen-bond donors (Lipinski definition) is 1. The van der Waals surface area contributed by atoms with E-state index in [4.69, 9.17) is 9.84 Å². The van der Waals surface area contributed by atoms with Crippen LogP contribution in [0.1, 0.15) is 25.0 Å². The fourth-order valence-electron chi connectivity index (χ4n) is 1.75. The van der Waals surface area contributed by atoms with Crippen LogP contribution in [-0.4, -0.2) is 11.1 Å². The summed E-state index contributed by atoms with van der Waals surface area (Å²) >= 11 is 0. The van der Waals surface area contributed by atoms with Gasteiger partial charge in [-0.1, -0.05) is 30.3 Å². The molecule has 0 bridgehead atoms. The van der Waals surface area contributed by atoms with Crippen LogP contribution in [0.5, 0.6) is 0 Å². The molecular formula is C12H12O3. The molecule has 0 spiro atoms. The zero-order valence-electron chi connectivity index (χ0n) is 8.43. The molecule has 1 N–H and O–H groups in total. The zero-order valence-corrected chi connectivity index (χ0v) is 8.43. The van der Waals surface area contributed by atoms with Crippen LogP contribution in [0, 0.1) is 0 Å². The van der Waals surface area contributed by atoms with E-state index in [9.17, 15) is 4.79 Å². The third kappa shape index (κ3) is 1.86. The monoisotopic (exact) mass is 204 g/mol. The second kappa shape index (κ2) is 3.77. The summed E-state index contributed by atoms with van der Waals surface area (Å²) in [7, 11) is 0. The maximum Gasteiger partial charge on any atom is 0.335 e. The van der Waals surface area contributed by atoms with Crippen molar-refractivity contribution in [3.05, 3.63) is 47.2 Å². The van der Waals surface area contributed by atoms with E-state index < -0.39 is 5.97 Å². The van der Waals surface area contributed by atoms with E-state index in [0.29, 0.717) is 17.8 Å². The highest BCUT2D eigenvalue weighted by molar-refractivity contribution is 5.87. The molecule has 1 heterocycles. The maximum atomic E-state index is 10.9. The lowest BCUT2D eigenvalue weighted by Gasteiger charge is -2.11. The Hall–Kier alpha value is -1.77. The molecule has 0 saturated carbocycles. The fraction of sp³-hybridized carbons (Fsp3) is 0.250. The van der Waals surface area contributed by atoms with Crippen LogP contribution in [0.2, 0.25) is 0 Å². The first kappa shape index (κ1) is 9.77. The highest BCUT2D eigenvalue weighted by Crippen LogP contribution is 2.35. The van der Waals surface area contributed by atoms with Gasteiger partial charge in [-0.15, -0.1) is 0 Å². The van der Waals surface area contributed by atoms with E-state index in [2.05, 4.69) is 0 Å². The first-order chi connectivity index (χ1) is 7.18. The second-order valence-corrected chi connectivity index (χ2v) is 3.56. The topological polar surface area (TPSA) is 46.5 Å². The van der Waals surface area contributed by atoms with Crippen molar-refractivity contribution in [2.24, 2.45) is 0 Å². The van der Waals surface area contributed by atoms with Crippen LogP contribution in [0.15, 0.2) is 41.7 Å². The molecule has 78 valence electrons. The van der Waals surface area contributed by atoms with Crippen molar-refractivity contribution in [3.8, 4) is 0 Å². The summed E-state index contributed by atoms with van der Waals surface area (Å²) in [5.41, 5.74) is 1.40. The van der Waals surface area contributed by atoms with Gasteiger partial charge in [0.15, 0.2) is 0 Å². The summed E-state index contributed by atoms with van der Waals surface area (Å²) in [5, 5.41) is 8.91. The number of ether oxygens (including phenoxy) is 1. The molecule has 3 nitrogen and oxygen atoms in total. The molecule has 0 amide bonds. The quantitative estimate of drug-likeness (QED) is 0.805. The smallest absolute Gasteiger partial charge is 0.335 e. The molecular weight excluding hydrogens is 192 g/mol. The van der Waals surface area contributed by atoms with Crippen molar-refractivity contribution in [1.82, 2.24) is 0 Å². The van der Waals surface area contributed by atoms with Gasteiger partial charge in [0.2, 0.25) is 0 Å². The third-order valence-electron chi connectivity index (χ3n) is 2.56. The highest BCUT2D eigenvalue weighted by Gasteiger charge is 2.28. The molecule has 0 fully saturated rings. The molecule has 1 aromatic carbocycles. The van der Waals surface area contributed by atoms with Crippen molar-refractivity contribution < 1.29 is 14.6 Å². The molecule has 1 atom stereocenters. The van der Waals surface area contributed by atoms with Crippen LogP contribution in [0.4, 0.5) is 0 Å². The summed E-state index contributed by atoms with van der Waals surface area (Å²) in [6.45, 7) is 1.70. The summed E-state index contributed by atoms with van der Waals surface area (Å²) in [6.07, 6.45) is 0.308. The van der Waals surface area contributed by atoms with Gasteiger partial charge in [0, 0.05) is 6.42 Å². The van der Waals surface area contributed by atoms with E-state index in [0.717, 1.165) is 5.56 Å². The van der Waals surface area contributed by atoms with E-state index in [-0.39, 0.29) is 6.10 Å². The van der Waals surface area contributed by atoms with Crippen molar-refractivity contribution in [1.29, 1.82) is 0 Å². The molecule has 1 aliphatic rings. The Morgan fingerprint density at radius 3 is 2.60 bits per heavy atom. The van der Waals surface area contributed by atoms with Gasteiger partial charge in [-0.05, 0) is 12.5 Å². The number of aliphatic carboxylic acids is 1. The number of hydrogen-bond acceptors (Lipinski definition) is 2. The fourth-order valence-corrected chi connectivity index (χ4v) is 1.75. The Morgan fingerprint density at radius 2 is 2.07 bits per heavy atom. The number of benzene rings is 1. The predicted molar refractivity (Wildman–Crippen MR) is 55.2 cm³/mol. The normalized spacial score (nSPS) is 20.2. The van der Waals surface area contributed by atoms with Gasteiger partial charge in [0.1, 0.15) is 11.9 Å². The first-order valence-electron chi connectivity index (χ1n) is 4.83. The Balaban J connectivity index is 2.17. The maximum absolute atomic E-state index is 10.9. The molecule has 3 heteroatoms. The molecule has 1 aromatic rings. The molecule has 0 aromatic heterocycles. The van der Waals surface area contributed by atoms with Gasteiger partial charge in [-0.3, -0.25) is 0 Å². The minimum Gasteiger partial charge on any atom is -0.489 e. The van der Waals surface area contributed by atoms with E-state index >= 15 is 0 Å². The van der Waals surface area contributed by atoms with E-state index in [1.807, 2.05) is 30.3 Å². The van der Waals surface area contributed by atoms with E-state index in [1.165, 1.54) is 0 Å². The predicted octanol–water partition coefficient (Wildman–Crippen LogP) is 2.51. The first-order valence-corrected chi connectivity index (χ1v) is 4.83. The van der Waals surface area contributed by atoms with Gasteiger partial charge in [-0.25, -0.2) is 4.79 Å². The lowest BCUT2D eigenvalue weighted by molar-refractivity contribution is -0.132. The minimum absolute atomic E-state index is 0.141. The summed E-state index contributed by atoms with van der Waals surface area (Å²) < 4.78 is 5.52. The number of rotatable bonds is 2. The van der Waals surface area contributed by atoms with Crippen LogP contribution < -0.4 is 0 Å². The molecule has 15 heavy (non-hydrogen) atoms. The standard InChI is InChI=1S/C12H12O3/c1-8-10(12(13)14)7-11(15-8)9-5-3-2-4-6-9/h2-6,11H,7H2,1H3,(H,13,14). The molecule has 0 saturated heterocycles. The van der Waals surface area contributed by atoms with Crippen LogP contribution in [-0.2, 0) is 9.53 Å². The largest absolute Gasteiger partial charge is 0.489 e. The summed E-state index contributed by atoms with van der Waals surface area (Å²) in [5.74, 6) is -0.359. The number of carboxylic acids is 1. The van der Waals surface area contributed by atoms with Crippen molar-refractivity contribution in [3.63, 3.8) is 0 Å². The molecule has 0 aliphatic carbocycles. The molecule has 0 radical (unpaired) electrons. The summed E-state index contributed by atoms with van der Waals surface area (Å²) in [6, 6.07) is 9.67. The van der Waals surface area contributed by atoms with Crippen LogP contribution >= 0.6 is 0 Å². The van der Waals surface area contributed by atoms with Crippen LogP contribution in [0.25, 0.3) is 0 Å². The van der Waals surface area contributed by atoms with Gasteiger partial charge in [0.05, 0.1) is 5.57 Å². The number of carboxylic acid groups (broad SMARTS) is 1. The van der Waals surface area contributed by atoms with Crippen LogP contribution in [0.3, 0.4) is 0 Å². The zero-order chi connectivity index (χ0) is 10.8. The van der Waals surface area contributed by atoms with Gasteiger partial charge < -0.3 is 9.84 Å².